The third-order valence-electron chi connectivity index (χ3n) is 4.54. The highest BCUT2D eigenvalue weighted by molar-refractivity contribution is 5.99. The van der Waals surface area contributed by atoms with Gasteiger partial charge in [0.2, 0.25) is 0 Å². The minimum Gasteiger partial charge on any atom is -0.497 e. The van der Waals surface area contributed by atoms with Crippen LogP contribution < -0.4 is 4.74 Å². The zero-order valence-electron chi connectivity index (χ0n) is 12.9. The molecule has 0 aliphatic carbocycles. The van der Waals surface area contributed by atoms with Crippen molar-refractivity contribution in [1.82, 2.24) is 9.47 Å². The number of carbonyl (C=O) groups excluding carboxylic acids is 1. The van der Waals surface area contributed by atoms with Gasteiger partial charge in [-0.1, -0.05) is 6.92 Å². The molecule has 1 amide bonds. The Bertz CT molecular complexity index is 667. The van der Waals surface area contributed by atoms with Gasteiger partial charge in [0, 0.05) is 31.0 Å². The van der Waals surface area contributed by atoms with Gasteiger partial charge in [-0.3, -0.25) is 4.79 Å². The second-order valence-corrected chi connectivity index (χ2v) is 5.99. The number of piperidine rings is 1. The molecule has 0 unspecified atom stereocenters. The molecule has 2 aromatic rings. The van der Waals surface area contributed by atoms with Crippen molar-refractivity contribution in [2.75, 3.05) is 20.2 Å². The van der Waals surface area contributed by atoms with Crippen molar-refractivity contribution in [3.05, 3.63) is 30.0 Å². The zero-order valence-corrected chi connectivity index (χ0v) is 12.9. The number of likely N-dealkylation sites (tertiary alicyclic amines) is 1. The summed E-state index contributed by atoms with van der Waals surface area (Å²) >= 11 is 0. The molecule has 1 fully saturated rings. The van der Waals surface area contributed by atoms with Crippen LogP contribution >= 0.6 is 0 Å². The van der Waals surface area contributed by atoms with Crippen molar-refractivity contribution in [3.63, 3.8) is 0 Å². The topological polar surface area (TPSA) is 34.5 Å². The van der Waals surface area contributed by atoms with Gasteiger partial charge < -0.3 is 14.2 Å². The van der Waals surface area contributed by atoms with Crippen LogP contribution in [-0.4, -0.2) is 35.6 Å². The number of aromatic nitrogens is 1. The van der Waals surface area contributed by atoms with Gasteiger partial charge in [0.1, 0.15) is 11.4 Å². The van der Waals surface area contributed by atoms with E-state index in [0.29, 0.717) is 0 Å². The fourth-order valence-corrected chi connectivity index (χ4v) is 3.03. The number of hydrogen-bond acceptors (Lipinski definition) is 2. The van der Waals surface area contributed by atoms with Gasteiger partial charge in [0.25, 0.3) is 5.91 Å². The molecule has 0 spiro atoms. The molecule has 0 saturated carbocycles. The number of ether oxygens (including phenoxy) is 1. The van der Waals surface area contributed by atoms with Gasteiger partial charge in [-0.05, 0) is 43.0 Å². The average Bonchev–Trinajstić information content (AvgIpc) is 2.83. The van der Waals surface area contributed by atoms with E-state index in [4.69, 9.17) is 4.74 Å². The summed E-state index contributed by atoms with van der Waals surface area (Å²) in [6, 6.07) is 7.88. The van der Waals surface area contributed by atoms with Crippen LogP contribution in [0.5, 0.6) is 5.75 Å². The molecule has 1 aliphatic heterocycles. The molecule has 0 N–H and O–H groups in total. The molecule has 0 radical (unpaired) electrons. The van der Waals surface area contributed by atoms with E-state index in [1.807, 2.05) is 40.8 Å². The number of benzene rings is 1. The standard InChI is InChI=1S/C17H22N2O2/c1-12-6-8-19(9-7-12)17(20)16-11-13-10-14(21-3)4-5-15(13)18(16)2/h4-5,10-12H,6-9H2,1-3H3. The lowest BCUT2D eigenvalue weighted by Gasteiger charge is -2.30. The predicted octanol–water partition coefficient (Wildman–Crippen LogP) is 3.06. The molecule has 1 aromatic carbocycles. The first kappa shape index (κ1) is 14.0. The van der Waals surface area contributed by atoms with Crippen LogP contribution in [0.2, 0.25) is 0 Å². The molecule has 3 rings (SSSR count). The lowest BCUT2D eigenvalue weighted by atomic mass is 9.99. The van der Waals surface area contributed by atoms with Gasteiger partial charge in [-0.25, -0.2) is 0 Å². The van der Waals surface area contributed by atoms with E-state index in [2.05, 4.69) is 6.92 Å². The maximum absolute atomic E-state index is 12.7. The Morgan fingerprint density at radius 2 is 1.95 bits per heavy atom. The second kappa shape index (κ2) is 5.43. The van der Waals surface area contributed by atoms with Gasteiger partial charge in [-0.2, -0.15) is 0 Å². The lowest BCUT2D eigenvalue weighted by Crippen LogP contribution is -2.38. The molecule has 2 heterocycles. The van der Waals surface area contributed by atoms with Crippen LogP contribution in [0.1, 0.15) is 30.3 Å². The van der Waals surface area contributed by atoms with Gasteiger partial charge in [0.15, 0.2) is 0 Å². The Hall–Kier alpha value is -1.97. The molecule has 4 nitrogen and oxygen atoms in total. The van der Waals surface area contributed by atoms with E-state index in [-0.39, 0.29) is 5.91 Å². The molecule has 1 saturated heterocycles. The zero-order chi connectivity index (χ0) is 15.0. The van der Waals surface area contributed by atoms with Crippen LogP contribution in [0.4, 0.5) is 0 Å². The van der Waals surface area contributed by atoms with Crippen molar-refractivity contribution in [2.24, 2.45) is 13.0 Å². The molecule has 1 aromatic heterocycles. The van der Waals surface area contributed by atoms with Crippen molar-refractivity contribution in [1.29, 1.82) is 0 Å². The molecular formula is C17H22N2O2. The normalized spacial score (nSPS) is 16.4. The van der Waals surface area contributed by atoms with Crippen molar-refractivity contribution < 1.29 is 9.53 Å². The van der Waals surface area contributed by atoms with Crippen molar-refractivity contribution >= 4 is 16.8 Å². The molecule has 21 heavy (non-hydrogen) atoms. The number of nitrogens with zero attached hydrogens (tertiary/aromatic N) is 2. The maximum Gasteiger partial charge on any atom is 0.270 e. The summed E-state index contributed by atoms with van der Waals surface area (Å²) in [5.41, 5.74) is 1.82. The molecule has 0 bridgehead atoms. The Morgan fingerprint density at radius 1 is 1.24 bits per heavy atom. The van der Waals surface area contributed by atoms with E-state index in [9.17, 15) is 4.79 Å². The van der Waals surface area contributed by atoms with E-state index < -0.39 is 0 Å². The highest BCUT2D eigenvalue weighted by atomic mass is 16.5. The summed E-state index contributed by atoms with van der Waals surface area (Å²) in [5, 5.41) is 1.05. The highest BCUT2D eigenvalue weighted by Crippen LogP contribution is 2.25. The number of carbonyl (C=O) groups is 1. The van der Waals surface area contributed by atoms with Crippen LogP contribution in [0, 0.1) is 5.92 Å². The number of hydrogen-bond donors (Lipinski definition) is 0. The van der Waals surface area contributed by atoms with E-state index >= 15 is 0 Å². The molecule has 112 valence electrons. The Balaban J connectivity index is 1.92. The number of aryl methyl sites for hydroxylation is 1. The van der Waals surface area contributed by atoms with Gasteiger partial charge in [-0.15, -0.1) is 0 Å². The average molecular weight is 286 g/mol. The first-order valence-corrected chi connectivity index (χ1v) is 7.53. The molecule has 4 heteroatoms. The summed E-state index contributed by atoms with van der Waals surface area (Å²) in [6.07, 6.45) is 2.20. The van der Waals surface area contributed by atoms with E-state index in [1.165, 1.54) is 0 Å². The fraction of sp³-hybridized carbons (Fsp3) is 0.471. The Kier molecular flexibility index (Phi) is 3.62. The third-order valence-corrected chi connectivity index (χ3v) is 4.54. The predicted molar refractivity (Wildman–Crippen MR) is 83.8 cm³/mol. The SMILES string of the molecule is COc1ccc2c(c1)cc(C(=O)N1CCC(C)CC1)n2C. The van der Waals surface area contributed by atoms with Crippen LogP contribution in [0.25, 0.3) is 10.9 Å². The van der Waals surface area contributed by atoms with Crippen LogP contribution in [-0.2, 0) is 7.05 Å². The first-order chi connectivity index (χ1) is 10.1. The van der Waals surface area contributed by atoms with E-state index in [0.717, 1.165) is 54.2 Å². The third kappa shape index (κ3) is 2.50. The molecule has 0 atom stereocenters. The quantitative estimate of drug-likeness (QED) is 0.850. The van der Waals surface area contributed by atoms with Crippen molar-refractivity contribution in [2.45, 2.75) is 19.8 Å². The largest absolute Gasteiger partial charge is 0.497 e. The van der Waals surface area contributed by atoms with Gasteiger partial charge in [0.05, 0.1) is 7.11 Å². The molecule has 1 aliphatic rings. The molecular weight excluding hydrogens is 264 g/mol. The lowest BCUT2D eigenvalue weighted by molar-refractivity contribution is 0.0688. The Labute approximate surface area is 125 Å². The number of rotatable bonds is 2. The number of amides is 1. The summed E-state index contributed by atoms with van der Waals surface area (Å²) in [7, 11) is 3.61. The monoisotopic (exact) mass is 286 g/mol. The van der Waals surface area contributed by atoms with Crippen LogP contribution in [0.15, 0.2) is 24.3 Å². The number of fused-ring (bicyclic) bond motifs is 1. The minimum absolute atomic E-state index is 0.138. The van der Waals surface area contributed by atoms with Crippen molar-refractivity contribution in [3.8, 4) is 5.75 Å². The van der Waals surface area contributed by atoms with Gasteiger partial charge >= 0.3 is 0 Å². The maximum atomic E-state index is 12.7. The van der Waals surface area contributed by atoms with Crippen LogP contribution in [0.3, 0.4) is 0 Å². The fourth-order valence-electron chi connectivity index (χ4n) is 3.03. The first-order valence-electron chi connectivity index (χ1n) is 7.53. The summed E-state index contributed by atoms with van der Waals surface area (Å²) in [6.45, 7) is 3.99. The Morgan fingerprint density at radius 3 is 2.62 bits per heavy atom. The van der Waals surface area contributed by atoms with E-state index in [1.54, 1.807) is 7.11 Å². The minimum atomic E-state index is 0.138. The highest BCUT2D eigenvalue weighted by Gasteiger charge is 2.24. The summed E-state index contributed by atoms with van der Waals surface area (Å²) < 4.78 is 7.24. The second-order valence-electron chi connectivity index (χ2n) is 5.99. The summed E-state index contributed by atoms with van der Waals surface area (Å²) in [5.74, 6) is 1.68. The summed E-state index contributed by atoms with van der Waals surface area (Å²) in [4.78, 5) is 14.7. The number of methoxy groups -OCH3 is 1. The smallest absolute Gasteiger partial charge is 0.270 e.